The highest BCUT2D eigenvalue weighted by atomic mass is 19.3. The summed E-state index contributed by atoms with van der Waals surface area (Å²) in [5.74, 6) is -0.466. The molecule has 1 heterocycles. The maximum Gasteiger partial charge on any atom is 0.387 e. The molecule has 0 unspecified atom stereocenters. The molecule has 0 radical (unpaired) electrons. The first-order valence-corrected chi connectivity index (χ1v) is 8.80. The average Bonchev–Trinajstić information content (AvgIpc) is 2.74. The third-order valence-corrected chi connectivity index (χ3v) is 3.99. The molecule has 2 N–H and O–H groups in total. The Hall–Kier alpha value is -3.52. The molecule has 150 valence electrons. The number of hydrogen-bond donors (Lipinski definition) is 2. The zero-order valence-electron chi connectivity index (χ0n) is 15.3. The average molecular weight is 399 g/mol. The van der Waals surface area contributed by atoms with Crippen molar-refractivity contribution in [1.82, 2.24) is 10.5 Å². The van der Waals surface area contributed by atoms with Crippen molar-refractivity contribution < 1.29 is 23.1 Å². The van der Waals surface area contributed by atoms with Crippen molar-refractivity contribution in [3.8, 4) is 5.75 Å². The first-order chi connectivity index (χ1) is 14.1. The van der Waals surface area contributed by atoms with Gasteiger partial charge in [0.1, 0.15) is 12.4 Å². The molecule has 3 rings (SSSR count). The molecule has 2 aromatic carbocycles. The molecule has 1 amide bonds. The molecule has 0 saturated heterocycles. The summed E-state index contributed by atoms with van der Waals surface area (Å²) in [6, 6.07) is 16.9. The molecule has 6 nitrogen and oxygen atoms in total. The first kappa shape index (κ1) is 20.2. The van der Waals surface area contributed by atoms with E-state index in [2.05, 4.69) is 20.5 Å². The lowest BCUT2D eigenvalue weighted by atomic mass is 10.1. The Bertz CT molecular complexity index is 939. The zero-order valence-corrected chi connectivity index (χ0v) is 15.3. The summed E-state index contributed by atoms with van der Waals surface area (Å²) in [6.07, 6.45) is 3.39. The van der Waals surface area contributed by atoms with Gasteiger partial charge in [-0.2, -0.15) is 8.78 Å². The van der Waals surface area contributed by atoms with E-state index in [9.17, 15) is 13.6 Å². The summed E-state index contributed by atoms with van der Waals surface area (Å²) < 4.78 is 29.4. The van der Waals surface area contributed by atoms with Gasteiger partial charge in [0.05, 0.1) is 5.56 Å². The van der Waals surface area contributed by atoms with Crippen LogP contribution < -0.4 is 15.5 Å². The number of hydrogen-bond acceptors (Lipinski definition) is 5. The second-order valence-electron chi connectivity index (χ2n) is 5.96. The Labute approximate surface area is 166 Å². The SMILES string of the molecule is O=C(NOCc1ccccc1OC(F)F)c1ccccc1NCc1ccncc1. The van der Waals surface area contributed by atoms with E-state index in [1.807, 2.05) is 18.2 Å². The number of hydroxylamine groups is 1. The molecular formula is C21H19F2N3O3. The van der Waals surface area contributed by atoms with E-state index in [0.29, 0.717) is 23.4 Å². The molecule has 0 saturated carbocycles. The van der Waals surface area contributed by atoms with E-state index < -0.39 is 12.5 Å². The fourth-order valence-electron chi connectivity index (χ4n) is 2.60. The number of alkyl halides is 2. The molecule has 0 aliphatic carbocycles. The summed E-state index contributed by atoms with van der Waals surface area (Å²) in [5.41, 5.74) is 4.76. The maximum absolute atomic E-state index is 12.5. The zero-order chi connectivity index (χ0) is 20.5. The minimum absolute atomic E-state index is 0.00355. The number of anilines is 1. The van der Waals surface area contributed by atoms with Gasteiger partial charge in [-0.1, -0.05) is 30.3 Å². The number of ether oxygens (including phenoxy) is 1. The van der Waals surface area contributed by atoms with Gasteiger partial charge in [0, 0.05) is 30.2 Å². The lowest BCUT2D eigenvalue weighted by Crippen LogP contribution is -2.24. The second kappa shape index (κ2) is 10.1. The third-order valence-electron chi connectivity index (χ3n) is 3.99. The van der Waals surface area contributed by atoms with Gasteiger partial charge in [0.25, 0.3) is 5.91 Å². The highest BCUT2D eigenvalue weighted by Crippen LogP contribution is 2.21. The Morgan fingerprint density at radius 2 is 1.72 bits per heavy atom. The fourth-order valence-corrected chi connectivity index (χ4v) is 2.60. The lowest BCUT2D eigenvalue weighted by Gasteiger charge is -2.13. The monoisotopic (exact) mass is 399 g/mol. The Morgan fingerprint density at radius 3 is 2.52 bits per heavy atom. The molecule has 0 aliphatic rings. The molecule has 8 heteroatoms. The van der Waals surface area contributed by atoms with Gasteiger partial charge in [-0.15, -0.1) is 0 Å². The Morgan fingerprint density at radius 1 is 1.00 bits per heavy atom. The van der Waals surface area contributed by atoms with E-state index in [4.69, 9.17) is 4.84 Å². The predicted molar refractivity (Wildman–Crippen MR) is 103 cm³/mol. The van der Waals surface area contributed by atoms with Crippen LogP contribution in [0.5, 0.6) is 5.75 Å². The number of halogens is 2. The smallest absolute Gasteiger partial charge is 0.387 e. The summed E-state index contributed by atoms with van der Waals surface area (Å²) >= 11 is 0. The minimum Gasteiger partial charge on any atom is -0.434 e. The minimum atomic E-state index is -2.94. The van der Waals surface area contributed by atoms with E-state index in [-0.39, 0.29) is 12.4 Å². The molecule has 29 heavy (non-hydrogen) atoms. The van der Waals surface area contributed by atoms with Gasteiger partial charge < -0.3 is 10.1 Å². The molecule has 0 spiro atoms. The molecule has 0 bridgehead atoms. The van der Waals surface area contributed by atoms with Crippen LogP contribution in [-0.2, 0) is 18.0 Å². The number of amides is 1. The van der Waals surface area contributed by atoms with Crippen molar-refractivity contribution in [2.24, 2.45) is 0 Å². The normalized spacial score (nSPS) is 10.6. The number of pyridine rings is 1. The van der Waals surface area contributed by atoms with Crippen molar-refractivity contribution >= 4 is 11.6 Å². The summed E-state index contributed by atoms with van der Waals surface area (Å²) in [5, 5.41) is 3.20. The quantitative estimate of drug-likeness (QED) is 0.529. The number of carbonyl (C=O) groups excluding carboxylic acids is 1. The van der Waals surface area contributed by atoms with Gasteiger partial charge in [0.2, 0.25) is 0 Å². The first-order valence-electron chi connectivity index (χ1n) is 8.80. The van der Waals surface area contributed by atoms with Crippen LogP contribution in [0, 0.1) is 0 Å². The number of carbonyl (C=O) groups is 1. The number of rotatable bonds is 9. The van der Waals surface area contributed by atoms with Gasteiger partial charge in [-0.25, -0.2) is 5.48 Å². The van der Waals surface area contributed by atoms with Crippen LogP contribution in [0.4, 0.5) is 14.5 Å². The van der Waals surface area contributed by atoms with E-state index in [0.717, 1.165) is 5.56 Å². The summed E-state index contributed by atoms with van der Waals surface area (Å²) in [4.78, 5) is 21.7. The number of nitrogens with one attached hydrogen (secondary N) is 2. The van der Waals surface area contributed by atoms with Crippen molar-refractivity contribution in [2.45, 2.75) is 19.8 Å². The van der Waals surface area contributed by atoms with Gasteiger partial charge in [-0.3, -0.25) is 14.6 Å². The van der Waals surface area contributed by atoms with Gasteiger partial charge in [-0.05, 0) is 35.9 Å². The van der Waals surface area contributed by atoms with Crippen molar-refractivity contribution in [3.63, 3.8) is 0 Å². The molecule has 1 aromatic heterocycles. The van der Waals surface area contributed by atoms with Gasteiger partial charge in [0.15, 0.2) is 0 Å². The number of para-hydroxylation sites is 2. The number of aromatic nitrogens is 1. The highest BCUT2D eigenvalue weighted by molar-refractivity contribution is 5.99. The summed E-state index contributed by atoms with van der Waals surface area (Å²) in [6.45, 7) is -2.54. The van der Waals surface area contributed by atoms with E-state index >= 15 is 0 Å². The second-order valence-corrected chi connectivity index (χ2v) is 5.96. The Kier molecular flexibility index (Phi) is 7.07. The van der Waals surface area contributed by atoms with Crippen molar-refractivity contribution in [2.75, 3.05) is 5.32 Å². The van der Waals surface area contributed by atoms with Crippen molar-refractivity contribution in [3.05, 3.63) is 89.7 Å². The standard InChI is InChI=1S/C21H19F2N3O3/c22-21(23)29-19-8-4-1-5-16(19)14-28-26-20(27)17-6-2-3-7-18(17)25-13-15-9-11-24-12-10-15/h1-12,21,25H,13-14H2,(H,26,27). The van der Waals surface area contributed by atoms with Crippen LogP contribution in [0.1, 0.15) is 21.5 Å². The lowest BCUT2D eigenvalue weighted by molar-refractivity contribution is -0.0522. The van der Waals surface area contributed by atoms with Crippen LogP contribution in [0.15, 0.2) is 73.1 Å². The maximum atomic E-state index is 12.5. The van der Waals surface area contributed by atoms with Crippen molar-refractivity contribution in [1.29, 1.82) is 0 Å². The molecule has 3 aromatic rings. The molecular weight excluding hydrogens is 380 g/mol. The van der Waals surface area contributed by atoms with Crippen LogP contribution in [0.25, 0.3) is 0 Å². The highest BCUT2D eigenvalue weighted by Gasteiger charge is 2.13. The molecule has 0 aliphatic heterocycles. The van der Waals surface area contributed by atoms with Crippen LogP contribution in [0.2, 0.25) is 0 Å². The van der Waals surface area contributed by atoms with Crippen LogP contribution >= 0.6 is 0 Å². The topological polar surface area (TPSA) is 72.5 Å². The molecule has 0 atom stereocenters. The number of nitrogens with zero attached hydrogens (tertiary/aromatic N) is 1. The van der Waals surface area contributed by atoms with Crippen LogP contribution in [0.3, 0.4) is 0 Å². The largest absolute Gasteiger partial charge is 0.434 e. The predicted octanol–water partition coefficient (Wildman–Crippen LogP) is 4.16. The third kappa shape index (κ3) is 5.98. The number of benzene rings is 2. The Balaban J connectivity index is 1.59. The van der Waals surface area contributed by atoms with E-state index in [1.54, 1.807) is 48.8 Å². The van der Waals surface area contributed by atoms with Gasteiger partial charge >= 0.3 is 6.61 Å². The molecule has 0 fully saturated rings. The fraction of sp³-hybridized carbons (Fsp3) is 0.143. The van der Waals surface area contributed by atoms with Crippen LogP contribution in [-0.4, -0.2) is 17.5 Å². The summed E-state index contributed by atoms with van der Waals surface area (Å²) in [7, 11) is 0. The van der Waals surface area contributed by atoms with E-state index in [1.165, 1.54) is 6.07 Å².